The van der Waals surface area contributed by atoms with Crippen LogP contribution in [-0.2, 0) is 13.0 Å². The molecule has 29 heavy (non-hydrogen) atoms. The molecule has 0 fully saturated rings. The van der Waals surface area contributed by atoms with E-state index >= 15 is 0 Å². The molecule has 3 N–H and O–H groups in total. The van der Waals surface area contributed by atoms with E-state index in [0.29, 0.717) is 25.5 Å². The lowest BCUT2D eigenvalue weighted by Crippen LogP contribution is -2.04. The first kappa shape index (κ1) is 20.5. The summed E-state index contributed by atoms with van der Waals surface area (Å²) in [5.41, 5.74) is 10.1. The molecular weight excluding hydrogens is 360 g/mol. The number of rotatable bonds is 10. The van der Waals surface area contributed by atoms with Crippen LogP contribution in [0.5, 0.6) is 11.5 Å². The highest BCUT2D eigenvalue weighted by Gasteiger charge is 2.12. The lowest BCUT2D eigenvalue weighted by molar-refractivity contribution is 0.274. The van der Waals surface area contributed by atoms with Crippen molar-refractivity contribution in [3.05, 3.63) is 96.2 Å². The predicted octanol–water partition coefficient (Wildman–Crippen LogP) is 5.32. The van der Waals surface area contributed by atoms with Gasteiger partial charge in [-0.1, -0.05) is 61.2 Å². The first-order chi connectivity index (χ1) is 14.2. The number of aromatic nitrogens is 1. The quantitative estimate of drug-likeness (QED) is 0.462. The Balaban J connectivity index is 1.90. The number of nitrogens with one attached hydrogen (secondary N) is 1. The first-order valence-electron chi connectivity index (χ1n) is 9.83. The molecule has 0 saturated heterocycles. The second-order valence-corrected chi connectivity index (χ2v) is 6.74. The number of nitrogens with two attached hydrogens (primary N) is 1. The fraction of sp³-hybridized carbons (Fsp3) is 0.200. The molecule has 0 atom stereocenters. The summed E-state index contributed by atoms with van der Waals surface area (Å²) < 4.78 is 12.3. The molecule has 0 aliphatic heterocycles. The van der Waals surface area contributed by atoms with E-state index in [9.17, 15) is 0 Å². The molecule has 0 amide bonds. The van der Waals surface area contributed by atoms with E-state index in [0.717, 1.165) is 34.2 Å². The van der Waals surface area contributed by atoms with Gasteiger partial charge in [-0.2, -0.15) is 0 Å². The van der Waals surface area contributed by atoms with Gasteiger partial charge in [-0.05, 0) is 42.7 Å². The monoisotopic (exact) mass is 388 g/mol. The number of aromatic amines is 1. The number of H-pyrrole nitrogens is 1. The summed E-state index contributed by atoms with van der Waals surface area (Å²) in [7, 11) is 0. The third kappa shape index (κ3) is 5.39. The highest BCUT2D eigenvalue weighted by molar-refractivity contribution is 5.86. The molecule has 0 aliphatic carbocycles. The van der Waals surface area contributed by atoms with Crippen molar-refractivity contribution in [2.45, 2.75) is 20.0 Å². The summed E-state index contributed by atoms with van der Waals surface area (Å²) in [5, 5.41) is 1.11. The number of benzene rings is 2. The summed E-state index contributed by atoms with van der Waals surface area (Å²) in [6, 6.07) is 14.1. The Hall–Kier alpha value is -3.24. The van der Waals surface area contributed by atoms with Crippen molar-refractivity contribution >= 4 is 10.9 Å². The molecule has 0 bridgehead atoms. The Kier molecular flexibility index (Phi) is 7.31. The van der Waals surface area contributed by atoms with Crippen molar-refractivity contribution < 1.29 is 9.47 Å². The Morgan fingerprint density at radius 3 is 2.66 bits per heavy atom. The molecule has 3 aromatic rings. The molecule has 150 valence electrons. The maximum atomic E-state index is 6.16. The van der Waals surface area contributed by atoms with Crippen LogP contribution in [-0.4, -0.2) is 18.1 Å². The average Bonchev–Trinajstić information content (AvgIpc) is 3.13. The van der Waals surface area contributed by atoms with Gasteiger partial charge in [0.25, 0.3) is 0 Å². The summed E-state index contributed by atoms with van der Waals surface area (Å²) in [6.45, 7) is 7.26. The van der Waals surface area contributed by atoms with Crippen molar-refractivity contribution in [3.63, 3.8) is 0 Å². The molecule has 1 heterocycles. The largest absolute Gasteiger partial charge is 0.485 e. The minimum absolute atomic E-state index is 0.430. The third-order valence-corrected chi connectivity index (χ3v) is 4.59. The Labute approximate surface area is 172 Å². The minimum atomic E-state index is 0.430. The van der Waals surface area contributed by atoms with E-state index in [-0.39, 0.29) is 0 Å². The molecule has 0 aliphatic rings. The van der Waals surface area contributed by atoms with Crippen molar-refractivity contribution in [3.8, 4) is 11.5 Å². The summed E-state index contributed by atoms with van der Waals surface area (Å²) in [4.78, 5) is 3.32. The van der Waals surface area contributed by atoms with Crippen molar-refractivity contribution in [2.75, 3.05) is 13.2 Å². The normalized spacial score (nSPS) is 11.9. The van der Waals surface area contributed by atoms with E-state index in [1.165, 1.54) is 5.56 Å². The maximum Gasteiger partial charge on any atom is 0.163 e. The molecule has 4 nitrogen and oxygen atoms in total. The molecule has 3 rings (SSSR count). The average molecular weight is 389 g/mol. The van der Waals surface area contributed by atoms with E-state index < -0.39 is 0 Å². The van der Waals surface area contributed by atoms with Gasteiger partial charge in [0.15, 0.2) is 11.5 Å². The van der Waals surface area contributed by atoms with Crippen LogP contribution in [0.2, 0.25) is 0 Å². The molecule has 1 aromatic heterocycles. The lowest BCUT2D eigenvalue weighted by Gasteiger charge is -2.14. The van der Waals surface area contributed by atoms with Gasteiger partial charge in [-0.25, -0.2) is 0 Å². The van der Waals surface area contributed by atoms with Crippen LogP contribution in [0.25, 0.3) is 10.9 Å². The molecule has 0 unspecified atom stereocenters. The molecule has 4 heteroatoms. The van der Waals surface area contributed by atoms with Gasteiger partial charge in [-0.3, -0.25) is 0 Å². The van der Waals surface area contributed by atoms with E-state index in [2.05, 4.69) is 11.6 Å². The smallest absolute Gasteiger partial charge is 0.163 e. The van der Waals surface area contributed by atoms with E-state index in [4.69, 9.17) is 15.2 Å². The van der Waals surface area contributed by atoms with E-state index in [1.807, 2.05) is 73.8 Å². The van der Waals surface area contributed by atoms with Crippen LogP contribution in [0, 0.1) is 0 Å². The SMILES string of the molecule is C=C/C=C(\C=C/C)COc1cc2[nH]cc(CCN)c2cc1OCc1ccccc1. The fourth-order valence-corrected chi connectivity index (χ4v) is 3.19. The zero-order chi connectivity index (χ0) is 20.5. The van der Waals surface area contributed by atoms with Gasteiger partial charge in [-0.15, -0.1) is 0 Å². The van der Waals surface area contributed by atoms with Crippen LogP contribution in [0.15, 0.2) is 85.1 Å². The minimum Gasteiger partial charge on any atom is -0.485 e. The Bertz CT molecular complexity index is 1000. The number of fused-ring (bicyclic) bond motifs is 1. The Morgan fingerprint density at radius 1 is 1.14 bits per heavy atom. The van der Waals surface area contributed by atoms with Gasteiger partial charge in [0.2, 0.25) is 0 Å². The fourth-order valence-electron chi connectivity index (χ4n) is 3.19. The highest BCUT2D eigenvalue weighted by atomic mass is 16.5. The Morgan fingerprint density at radius 2 is 1.93 bits per heavy atom. The summed E-state index contributed by atoms with van der Waals surface area (Å²) in [5.74, 6) is 1.42. The highest BCUT2D eigenvalue weighted by Crippen LogP contribution is 2.35. The van der Waals surface area contributed by atoms with Gasteiger partial charge in [0.05, 0.1) is 0 Å². The standard InChI is InChI=1S/C25H28N2O2/c1-3-8-19(9-4-2)17-29-25-15-23-22(21(12-13-26)16-27-23)14-24(25)28-18-20-10-6-5-7-11-20/h3-11,14-16,27H,1,12-13,17-18,26H2,2H3/b9-4-,19-8+. The zero-order valence-corrected chi connectivity index (χ0v) is 16.9. The molecule has 0 radical (unpaired) electrons. The number of hydrogen-bond donors (Lipinski definition) is 2. The van der Waals surface area contributed by atoms with Gasteiger partial charge < -0.3 is 20.2 Å². The van der Waals surface area contributed by atoms with Gasteiger partial charge in [0.1, 0.15) is 13.2 Å². The van der Waals surface area contributed by atoms with Crippen LogP contribution in [0.4, 0.5) is 0 Å². The van der Waals surface area contributed by atoms with Gasteiger partial charge in [0, 0.05) is 23.2 Å². The predicted molar refractivity (Wildman–Crippen MR) is 120 cm³/mol. The second kappa shape index (κ2) is 10.3. The third-order valence-electron chi connectivity index (χ3n) is 4.59. The topological polar surface area (TPSA) is 60.3 Å². The summed E-state index contributed by atoms with van der Waals surface area (Å²) >= 11 is 0. The van der Waals surface area contributed by atoms with Crippen molar-refractivity contribution in [2.24, 2.45) is 5.73 Å². The maximum absolute atomic E-state index is 6.16. The lowest BCUT2D eigenvalue weighted by atomic mass is 10.1. The van der Waals surface area contributed by atoms with E-state index in [1.54, 1.807) is 6.08 Å². The zero-order valence-electron chi connectivity index (χ0n) is 16.9. The van der Waals surface area contributed by atoms with Crippen LogP contribution >= 0.6 is 0 Å². The molecule has 2 aromatic carbocycles. The first-order valence-corrected chi connectivity index (χ1v) is 9.83. The molecule has 0 spiro atoms. The van der Waals surface area contributed by atoms with Crippen LogP contribution in [0.3, 0.4) is 0 Å². The van der Waals surface area contributed by atoms with Crippen LogP contribution in [0.1, 0.15) is 18.1 Å². The molecular formula is C25H28N2O2. The van der Waals surface area contributed by atoms with Gasteiger partial charge >= 0.3 is 0 Å². The number of ether oxygens (including phenoxy) is 2. The summed E-state index contributed by atoms with van der Waals surface area (Å²) in [6.07, 6.45) is 10.5. The molecule has 0 saturated carbocycles. The number of hydrogen-bond acceptors (Lipinski definition) is 3. The van der Waals surface area contributed by atoms with Crippen LogP contribution < -0.4 is 15.2 Å². The van der Waals surface area contributed by atoms with Crippen molar-refractivity contribution in [1.82, 2.24) is 4.98 Å². The number of allylic oxidation sites excluding steroid dienone is 3. The second-order valence-electron chi connectivity index (χ2n) is 6.74. The van der Waals surface area contributed by atoms with Crippen molar-refractivity contribution in [1.29, 1.82) is 0 Å².